The molecule has 1 aromatic heterocycles. The van der Waals surface area contributed by atoms with Crippen LogP contribution in [0.2, 0.25) is 0 Å². The molecular weight excluding hydrogens is 406 g/mol. The number of carbonyl (C=O) groups excluding carboxylic acids is 1. The van der Waals surface area contributed by atoms with E-state index in [0.29, 0.717) is 35.8 Å². The van der Waals surface area contributed by atoms with E-state index >= 15 is 0 Å². The standard InChI is InChI=1S/C25H31N3O4/c1-15-27-23(26)20-14-21(25(2,3)31-24(20)28-15)19-11-9-18(10-12-19)17-7-5-16(6-8-17)13-22(29)32-30-4/h9-12,14,16-17H,5-8,13H2,1-4H3,(H2,26,27,28)/t16-,17-. The maximum atomic E-state index is 11.6. The molecule has 0 radical (unpaired) electrons. The van der Waals surface area contributed by atoms with Crippen LogP contribution in [0.3, 0.4) is 0 Å². The molecule has 7 heteroatoms. The smallest absolute Gasteiger partial charge is 0.342 e. The Morgan fingerprint density at radius 3 is 2.50 bits per heavy atom. The molecule has 170 valence electrons. The van der Waals surface area contributed by atoms with E-state index < -0.39 is 5.60 Å². The number of carbonyl (C=O) groups is 1. The van der Waals surface area contributed by atoms with Crippen LogP contribution in [-0.2, 0) is 14.6 Å². The number of nitrogens with two attached hydrogens (primary N) is 1. The predicted octanol–water partition coefficient (Wildman–Crippen LogP) is 4.85. The summed E-state index contributed by atoms with van der Waals surface area (Å²) in [5.74, 6) is 2.16. The molecule has 4 rings (SSSR count). The summed E-state index contributed by atoms with van der Waals surface area (Å²) >= 11 is 0. The van der Waals surface area contributed by atoms with Crippen molar-refractivity contribution in [1.29, 1.82) is 0 Å². The fourth-order valence-corrected chi connectivity index (χ4v) is 4.83. The van der Waals surface area contributed by atoms with E-state index in [9.17, 15) is 4.79 Å². The first-order valence-electron chi connectivity index (χ1n) is 11.2. The molecular formula is C25H31N3O4. The SMILES string of the molecule is COOC(=O)C[C@H]1CC[C@H](c2ccc(C3=Cc4c(N)nc(C)nc4OC3(C)C)cc2)CC1. The molecule has 2 aromatic rings. The lowest BCUT2D eigenvalue weighted by atomic mass is 9.77. The Hall–Kier alpha value is -2.93. The summed E-state index contributed by atoms with van der Waals surface area (Å²) in [4.78, 5) is 29.4. The van der Waals surface area contributed by atoms with Gasteiger partial charge in [-0.3, -0.25) is 4.89 Å². The Morgan fingerprint density at radius 1 is 1.16 bits per heavy atom. The molecule has 0 atom stereocenters. The molecule has 1 saturated carbocycles. The second kappa shape index (κ2) is 8.90. The molecule has 0 amide bonds. The van der Waals surface area contributed by atoms with Crippen molar-refractivity contribution in [3.05, 3.63) is 46.8 Å². The normalized spacial score (nSPS) is 21.8. The van der Waals surface area contributed by atoms with Crippen molar-refractivity contribution in [2.75, 3.05) is 12.8 Å². The first-order valence-corrected chi connectivity index (χ1v) is 11.2. The van der Waals surface area contributed by atoms with Gasteiger partial charge >= 0.3 is 5.97 Å². The summed E-state index contributed by atoms with van der Waals surface area (Å²) in [6.07, 6.45) is 6.66. The van der Waals surface area contributed by atoms with E-state index in [-0.39, 0.29) is 5.97 Å². The number of hydrogen-bond donors (Lipinski definition) is 1. The highest BCUT2D eigenvalue weighted by molar-refractivity contribution is 5.91. The molecule has 7 nitrogen and oxygen atoms in total. The Labute approximate surface area is 188 Å². The first-order chi connectivity index (χ1) is 15.3. The van der Waals surface area contributed by atoms with Crippen LogP contribution in [0.25, 0.3) is 11.6 Å². The third-order valence-electron chi connectivity index (χ3n) is 6.51. The van der Waals surface area contributed by atoms with E-state index in [1.165, 1.54) is 12.7 Å². The van der Waals surface area contributed by atoms with Crippen LogP contribution < -0.4 is 10.5 Å². The molecule has 2 N–H and O–H groups in total. The highest BCUT2D eigenvalue weighted by Gasteiger charge is 2.33. The number of hydrogen-bond acceptors (Lipinski definition) is 7. The Balaban J connectivity index is 1.48. The summed E-state index contributed by atoms with van der Waals surface area (Å²) in [5, 5.41) is 0. The van der Waals surface area contributed by atoms with Crippen LogP contribution in [0.4, 0.5) is 5.82 Å². The molecule has 0 unspecified atom stereocenters. The van der Waals surface area contributed by atoms with Crippen molar-refractivity contribution in [1.82, 2.24) is 9.97 Å². The average molecular weight is 438 g/mol. The molecule has 1 fully saturated rings. The van der Waals surface area contributed by atoms with Gasteiger partial charge in [0, 0.05) is 5.57 Å². The zero-order valence-corrected chi connectivity index (χ0v) is 19.2. The molecule has 1 aliphatic heterocycles. The second-order valence-corrected chi connectivity index (χ2v) is 9.21. The quantitative estimate of drug-likeness (QED) is 0.528. The van der Waals surface area contributed by atoms with Crippen molar-refractivity contribution in [2.24, 2.45) is 5.92 Å². The van der Waals surface area contributed by atoms with Gasteiger partial charge in [0.1, 0.15) is 17.2 Å². The second-order valence-electron chi connectivity index (χ2n) is 9.21. The number of anilines is 1. The fourth-order valence-electron chi connectivity index (χ4n) is 4.83. The highest BCUT2D eigenvalue weighted by atomic mass is 17.2. The minimum absolute atomic E-state index is 0.284. The zero-order chi connectivity index (χ0) is 22.9. The van der Waals surface area contributed by atoms with Crippen LogP contribution in [0.5, 0.6) is 5.88 Å². The molecule has 1 aliphatic carbocycles. The molecule has 1 aromatic carbocycles. The maximum absolute atomic E-state index is 11.6. The molecule has 0 bridgehead atoms. The van der Waals surface area contributed by atoms with Crippen LogP contribution >= 0.6 is 0 Å². The lowest BCUT2D eigenvalue weighted by Crippen LogP contribution is -2.33. The number of rotatable bonds is 5. The molecule has 2 aliphatic rings. The molecule has 0 saturated heterocycles. The van der Waals surface area contributed by atoms with Crippen molar-refractivity contribution in [3.8, 4) is 5.88 Å². The van der Waals surface area contributed by atoms with E-state index in [0.717, 1.165) is 42.4 Å². The number of nitrogen functional groups attached to an aromatic ring is 1. The van der Waals surface area contributed by atoms with E-state index in [2.05, 4.69) is 44.0 Å². The van der Waals surface area contributed by atoms with Gasteiger partial charge < -0.3 is 10.5 Å². The topological polar surface area (TPSA) is 96.6 Å². The van der Waals surface area contributed by atoms with Gasteiger partial charge in [-0.25, -0.2) is 9.78 Å². The van der Waals surface area contributed by atoms with Crippen LogP contribution in [0.1, 0.15) is 74.4 Å². The number of ether oxygens (including phenoxy) is 1. The van der Waals surface area contributed by atoms with E-state index in [1.54, 1.807) is 0 Å². The Bertz CT molecular complexity index is 1020. The number of benzene rings is 1. The molecule has 0 spiro atoms. The average Bonchev–Trinajstić information content (AvgIpc) is 2.73. The maximum Gasteiger partial charge on any atom is 0.342 e. The predicted molar refractivity (Wildman–Crippen MR) is 123 cm³/mol. The summed E-state index contributed by atoms with van der Waals surface area (Å²) in [6.45, 7) is 5.89. The number of aryl methyl sites for hydroxylation is 1. The zero-order valence-electron chi connectivity index (χ0n) is 19.2. The van der Waals surface area contributed by atoms with Crippen molar-refractivity contribution < 1.29 is 19.3 Å². The van der Waals surface area contributed by atoms with Crippen LogP contribution in [0, 0.1) is 12.8 Å². The van der Waals surface area contributed by atoms with Gasteiger partial charge in [-0.05, 0) is 75.5 Å². The summed E-state index contributed by atoms with van der Waals surface area (Å²) in [5.41, 5.74) is 9.83. The Kier molecular flexibility index (Phi) is 6.20. The van der Waals surface area contributed by atoms with Crippen molar-refractivity contribution in [3.63, 3.8) is 0 Å². The third kappa shape index (κ3) is 4.63. The van der Waals surface area contributed by atoms with Gasteiger partial charge in [0.15, 0.2) is 0 Å². The monoisotopic (exact) mass is 437 g/mol. The number of aromatic nitrogens is 2. The van der Waals surface area contributed by atoms with E-state index in [4.69, 9.17) is 10.5 Å². The fraction of sp³-hybridized carbons (Fsp3) is 0.480. The summed E-state index contributed by atoms with van der Waals surface area (Å²) in [6, 6.07) is 8.73. The van der Waals surface area contributed by atoms with Crippen molar-refractivity contribution in [2.45, 2.75) is 64.4 Å². The van der Waals surface area contributed by atoms with Gasteiger partial charge in [0.2, 0.25) is 5.88 Å². The lowest BCUT2D eigenvalue weighted by molar-refractivity contribution is -0.255. The van der Waals surface area contributed by atoms with Gasteiger partial charge in [-0.1, -0.05) is 24.3 Å². The molecule has 2 heterocycles. The number of fused-ring (bicyclic) bond motifs is 1. The van der Waals surface area contributed by atoms with Gasteiger partial charge in [0.25, 0.3) is 0 Å². The first kappa shape index (κ1) is 22.3. The van der Waals surface area contributed by atoms with Gasteiger partial charge in [-0.2, -0.15) is 9.87 Å². The largest absolute Gasteiger partial charge is 0.466 e. The molecule has 32 heavy (non-hydrogen) atoms. The van der Waals surface area contributed by atoms with Gasteiger partial charge in [0.05, 0.1) is 19.1 Å². The van der Waals surface area contributed by atoms with E-state index in [1.807, 2.05) is 26.8 Å². The Morgan fingerprint density at radius 2 is 1.84 bits per heavy atom. The summed E-state index contributed by atoms with van der Waals surface area (Å²) in [7, 11) is 1.36. The van der Waals surface area contributed by atoms with Crippen LogP contribution in [0.15, 0.2) is 24.3 Å². The minimum atomic E-state index is -0.531. The number of nitrogens with zero attached hydrogens (tertiary/aromatic N) is 2. The summed E-state index contributed by atoms with van der Waals surface area (Å²) < 4.78 is 6.21. The highest BCUT2D eigenvalue weighted by Crippen LogP contribution is 2.42. The van der Waals surface area contributed by atoms with Crippen LogP contribution in [-0.4, -0.2) is 28.6 Å². The van der Waals surface area contributed by atoms with Gasteiger partial charge in [-0.15, -0.1) is 0 Å². The van der Waals surface area contributed by atoms with Crippen molar-refractivity contribution >= 4 is 23.4 Å². The minimum Gasteiger partial charge on any atom is -0.466 e. The lowest BCUT2D eigenvalue weighted by Gasteiger charge is -2.34. The third-order valence-corrected chi connectivity index (χ3v) is 6.51.